The Balaban J connectivity index is 2.40. The first kappa shape index (κ1) is 15.0. The summed E-state index contributed by atoms with van der Waals surface area (Å²) in [4.78, 5) is 12.2. The Morgan fingerprint density at radius 2 is 2.18 bits per heavy atom. The number of carbonyl (C=O) groups excluding carboxylic acids is 1. The van der Waals surface area contributed by atoms with Gasteiger partial charge in [0.15, 0.2) is 0 Å². The van der Waals surface area contributed by atoms with E-state index in [2.05, 4.69) is 35.1 Å². The third-order valence-electron chi connectivity index (χ3n) is 3.95. The number of hydrogen-bond donors (Lipinski definition) is 1. The monoisotopic (exact) mass is 303 g/mol. The minimum atomic E-state index is 0.228. The van der Waals surface area contributed by atoms with Crippen LogP contribution in [0, 0.1) is 11.8 Å². The normalized spacial score (nSPS) is 25.8. The molecule has 0 heterocycles. The van der Waals surface area contributed by atoms with E-state index >= 15 is 0 Å². The molecule has 1 rings (SSSR count). The van der Waals surface area contributed by atoms with Gasteiger partial charge >= 0.3 is 0 Å². The molecule has 0 bridgehead atoms. The van der Waals surface area contributed by atoms with Crippen LogP contribution >= 0.6 is 15.9 Å². The van der Waals surface area contributed by atoms with Crippen molar-refractivity contribution in [3.63, 3.8) is 0 Å². The lowest BCUT2D eigenvalue weighted by molar-refractivity contribution is -0.126. The molecule has 3 atom stereocenters. The second kappa shape index (κ2) is 8.12. The number of halogens is 1. The van der Waals surface area contributed by atoms with Crippen LogP contribution in [-0.4, -0.2) is 17.3 Å². The highest BCUT2D eigenvalue weighted by molar-refractivity contribution is 9.09. The van der Waals surface area contributed by atoms with Crippen molar-refractivity contribution in [3.05, 3.63) is 0 Å². The van der Waals surface area contributed by atoms with E-state index in [4.69, 9.17) is 0 Å². The molecule has 1 aliphatic carbocycles. The Kier molecular flexibility index (Phi) is 7.17. The van der Waals surface area contributed by atoms with Gasteiger partial charge in [0, 0.05) is 17.3 Å². The van der Waals surface area contributed by atoms with Gasteiger partial charge in [0.05, 0.1) is 0 Å². The van der Waals surface area contributed by atoms with Crippen LogP contribution in [0.15, 0.2) is 0 Å². The Labute approximate surface area is 114 Å². The van der Waals surface area contributed by atoms with Crippen LogP contribution in [0.2, 0.25) is 0 Å². The van der Waals surface area contributed by atoms with Gasteiger partial charge in [-0.1, -0.05) is 49.0 Å². The molecule has 0 aromatic rings. The van der Waals surface area contributed by atoms with Gasteiger partial charge in [-0.25, -0.2) is 0 Å². The number of rotatable bonds is 7. The highest BCUT2D eigenvalue weighted by atomic mass is 79.9. The maximum atomic E-state index is 12.2. The van der Waals surface area contributed by atoms with Crippen LogP contribution in [0.4, 0.5) is 0 Å². The van der Waals surface area contributed by atoms with Crippen molar-refractivity contribution in [2.24, 2.45) is 11.8 Å². The number of nitrogens with one attached hydrogen (secondary N) is 1. The van der Waals surface area contributed by atoms with Crippen LogP contribution < -0.4 is 5.32 Å². The smallest absolute Gasteiger partial charge is 0.223 e. The SMILES string of the molecule is CCCCC(CC)C(=O)NC1CCCC1CBr. The highest BCUT2D eigenvalue weighted by Crippen LogP contribution is 2.27. The van der Waals surface area contributed by atoms with Crippen molar-refractivity contribution in [3.8, 4) is 0 Å². The summed E-state index contributed by atoms with van der Waals surface area (Å²) in [5.74, 6) is 1.16. The number of carbonyl (C=O) groups is 1. The molecule has 3 unspecified atom stereocenters. The fourth-order valence-corrected chi connectivity index (χ4v) is 3.46. The summed E-state index contributed by atoms with van der Waals surface area (Å²) in [7, 11) is 0. The molecule has 0 aromatic carbocycles. The zero-order valence-electron chi connectivity index (χ0n) is 11.2. The topological polar surface area (TPSA) is 29.1 Å². The van der Waals surface area contributed by atoms with Gasteiger partial charge in [0.2, 0.25) is 5.91 Å². The summed E-state index contributed by atoms with van der Waals surface area (Å²) >= 11 is 3.55. The predicted molar refractivity (Wildman–Crippen MR) is 76.4 cm³/mol. The number of alkyl halides is 1. The van der Waals surface area contributed by atoms with Crippen molar-refractivity contribution < 1.29 is 4.79 Å². The molecule has 100 valence electrons. The molecule has 1 amide bonds. The first-order valence-corrected chi connectivity index (χ1v) is 8.21. The number of hydrogen-bond acceptors (Lipinski definition) is 1. The van der Waals surface area contributed by atoms with E-state index < -0.39 is 0 Å². The van der Waals surface area contributed by atoms with Crippen molar-refractivity contribution in [2.45, 2.75) is 64.8 Å². The van der Waals surface area contributed by atoms with E-state index in [1.807, 2.05) is 0 Å². The number of amides is 1. The van der Waals surface area contributed by atoms with Gasteiger partial charge < -0.3 is 5.32 Å². The first-order chi connectivity index (χ1) is 8.22. The molecule has 2 nitrogen and oxygen atoms in total. The Morgan fingerprint density at radius 3 is 2.76 bits per heavy atom. The molecule has 1 N–H and O–H groups in total. The Morgan fingerprint density at radius 1 is 1.41 bits per heavy atom. The summed E-state index contributed by atoms with van der Waals surface area (Å²) in [6, 6.07) is 0.414. The van der Waals surface area contributed by atoms with Crippen LogP contribution in [0.3, 0.4) is 0 Å². The van der Waals surface area contributed by atoms with Crippen molar-refractivity contribution in [1.82, 2.24) is 5.32 Å². The maximum Gasteiger partial charge on any atom is 0.223 e. The molecular weight excluding hydrogens is 278 g/mol. The fourth-order valence-electron chi connectivity index (χ4n) is 2.68. The Hall–Kier alpha value is -0.0500. The lowest BCUT2D eigenvalue weighted by Crippen LogP contribution is -2.41. The summed E-state index contributed by atoms with van der Waals surface area (Å²) in [6.45, 7) is 4.30. The largest absolute Gasteiger partial charge is 0.353 e. The minimum absolute atomic E-state index is 0.228. The fraction of sp³-hybridized carbons (Fsp3) is 0.929. The second-order valence-corrected chi connectivity index (χ2v) is 5.86. The highest BCUT2D eigenvalue weighted by Gasteiger charge is 2.29. The molecule has 1 aliphatic rings. The van der Waals surface area contributed by atoms with Crippen molar-refractivity contribution >= 4 is 21.8 Å². The quantitative estimate of drug-likeness (QED) is 0.711. The summed E-state index contributed by atoms with van der Waals surface area (Å²) in [5.41, 5.74) is 0. The molecular formula is C14H26BrNO. The molecule has 0 saturated heterocycles. The van der Waals surface area contributed by atoms with Gasteiger partial charge in [0.25, 0.3) is 0 Å². The van der Waals surface area contributed by atoms with Gasteiger partial charge in [-0.15, -0.1) is 0 Å². The summed E-state index contributed by atoms with van der Waals surface area (Å²) in [5, 5.41) is 4.29. The Bertz CT molecular complexity index is 232. The average Bonchev–Trinajstić information content (AvgIpc) is 2.77. The van der Waals surface area contributed by atoms with Crippen LogP contribution in [0.1, 0.15) is 58.8 Å². The zero-order chi connectivity index (χ0) is 12.7. The molecule has 0 radical (unpaired) electrons. The number of unbranched alkanes of at least 4 members (excludes halogenated alkanes) is 1. The third-order valence-corrected chi connectivity index (χ3v) is 4.79. The van der Waals surface area contributed by atoms with Gasteiger partial charge in [-0.3, -0.25) is 4.79 Å². The average molecular weight is 304 g/mol. The van der Waals surface area contributed by atoms with Gasteiger partial charge in [0.1, 0.15) is 0 Å². The van der Waals surface area contributed by atoms with E-state index in [0.717, 1.165) is 24.6 Å². The third kappa shape index (κ3) is 4.61. The summed E-state index contributed by atoms with van der Waals surface area (Å²) in [6.07, 6.45) is 8.03. The molecule has 1 saturated carbocycles. The lowest BCUT2D eigenvalue weighted by atomic mass is 9.97. The summed E-state index contributed by atoms with van der Waals surface area (Å²) < 4.78 is 0. The van der Waals surface area contributed by atoms with E-state index in [0.29, 0.717) is 17.9 Å². The van der Waals surface area contributed by atoms with Crippen LogP contribution in [0.5, 0.6) is 0 Å². The lowest BCUT2D eigenvalue weighted by Gasteiger charge is -2.22. The standard InChI is InChI=1S/C14H26BrNO/c1-3-5-7-11(4-2)14(17)16-13-9-6-8-12(13)10-15/h11-13H,3-10H2,1-2H3,(H,16,17). The molecule has 17 heavy (non-hydrogen) atoms. The molecule has 1 fully saturated rings. The molecule has 0 spiro atoms. The molecule has 0 aromatic heterocycles. The van der Waals surface area contributed by atoms with Gasteiger partial charge in [-0.05, 0) is 31.6 Å². The van der Waals surface area contributed by atoms with Crippen LogP contribution in [0.25, 0.3) is 0 Å². The predicted octanol–water partition coefficient (Wildman–Crippen LogP) is 3.88. The minimum Gasteiger partial charge on any atom is -0.353 e. The molecule has 3 heteroatoms. The van der Waals surface area contributed by atoms with E-state index in [9.17, 15) is 4.79 Å². The zero-order valence-corrected chi connectivity index (χ0v) is 12.8. The van der Waals surface area contributed by atoms with Crippen molar-refractivity contribution in [1.29, 1.82) is 0 Å². The van der Waals surface area contributed by atoms with Crippen molar-refractivity contribution in [2.75, 3.05) is 5.33 Å². The first-order valence-electron chi connectivity index (χ1n) is 7.09. The second-order valence-electron chi connectivity index (χ2n) is 5.21. The maximum absolute atomic E-state index is 12.2. The molecule has 0 aliphatic heterocycles. The van der Waals surface area contributed by atoms with Gasteiger partial charge in [-0.2, -0.15) is 0 Å². The van der Waals surface area contributed by atoms with E-state index in [-0.39, 0.29) is 5.92 Å². The van der Waals surface area contributed by atoms with E-state index in [1.165, 1.54) is 25.7 Å². The van der Waals surface area contributed by atoms with E-state index in [1.54, 1.807) is 0 Å². The van der Waals surface area contributed by atoms with Crippen LogP contribution in [-0.2, 0) is 4.79 Å².